The van der Waals surface area contributed by atoms with E-state index in [0.29, 0.717) is 0 Å². The van der Waals surface area contributed by atoms with Crippen LogP contribution >= 0.6 is 0 Å². The summed E-state index contributed by atoms with van der Waals surface area (Å²) in [4.78, 5) is 13.1. The van der Waals surface area contributed by atoms with Gasteiger partial charge in [0.25, 0.3) is 0 Å². The Bertz CT molecular complexity index is 303. The maximum absolute atomic E-state index is 9.78. The largest absolute Gasteiger partial charge is 0.497 e. The summed E-state index contributed by atoms with van der Waals surface area (Å²) in [6, 6.07) is 7.25. The molecule has 1 aromatic rings. The average Bonchev–Trinajstić information content (AvgIpc) is 2.15. The van der Waals surface area contributed by atoms with E-state index in [0.717, 1.165) is 11.3 Å². The summed E-state index contributed by atoms with van der Waals surface area (Å²) in [5.41, 5.74) is 0.817. The Morgan fingerprint density at radius 3 is 3.08 bits per heavy atom. The van der Waals surface area contributed by atoms with Gasteiger partial charge in [0.2, 0.25) is 6.08 Å². The van der Waals surface area contributed by atoms with Crippen molar-refractivity contribution in [1.29, 1.82) is 0 Å². The summed E-state index contributed by atoms with van der Waals surface area (Å²) in [7, 11) is 1.59. The Kier molecular flexibility index (Phi) is 3.05. The average molecular weight is 162 g/mol. The maximum atomic E-state index is 9.78. The van der Waals surface area contributed by atoms with Crippen molar-refractivity contribution >= 4 is 6.08 Å². The van der Waals surface area contributed by atoms with Gasteiger partial charge in [-0.25, -0.2) is 4.79 Å². The summed E-state index contributed by atoms with van der Waals surface area (Å²) < 4.78 is 4.97. The number of aliphatic imine (C=N–C) groups is 1. The molecule has 0 N–H and O–H groups in total. The molecule has 3 heteroatoms. The lowest BCUT2D eigenvalue weighted by atomic mass is 10.2. The first-order valence-electron chi connectivity index (χ1n) is 3.41. The fourth-order valence-corrected chi connectivity index (χ4v) is 0.823. The standard InChI is InChI=1S/C9H8NO2/c1-12-9-4-2-3-8(5-9)6-10-7-11/h2-6H,1H3. The zero-order valence-electron chi connectivity index (χ0n) is 6.65. The first kappa shape index (κ1) is 8.50. The Morgan fingerprint density at radius 1 is 1.58 bits per heavy atom. The molecule has 0 aliphatic carbocycles. The van der Waals surface area contributed by atoms with E-state index < -0.39 is 0 Å². The minimum atomic E-state index is 0.741. The number of carbonyl (C=O) groups excluding carboxylic acids is 1. The Morgan fingerprint density at radius 2 is 2.42 bits per heavy atom. The van der Waals surface area contributed by atoms with Crippen LogP contribution in [-0.2, 0) is 4.79 Å². The molecule has 3 nitrogen and oxygen atoms in total. The van der Waals surface area contributed by atoms with Crippen molar-refractivity contribution in [3.8, 4) is 5.75 Å². The van der Waals surface area contributed by atoms with Crippen molar-refractivity contribution < 1.29 is 9.53 Å². The van der Waals surface area contributed by atoms with Crippen LogP contribution in [0, 0.1) is 6.54 Å². The molecule has 0 bridgehead atoms. The van der Waals surface area contributed by atoms with Gasteiger partial charge in [0.1, 0.15) is 12.3 Å². The molecule has 0 saturated carbocycles. The minimum absolute atomic E-state index is 0.741. The third-order valence-electron chi connectivity index (χ3n) is 1.36. The van der Waals surface area contributed by atoms with Crippen LogP contribution in [0.2, 0.25) is 0 Å². The first-order valence-corrected chi connectivity index (χ1v) is 3.41. The molecule has 0 amide bonds. The fraction of sp³-hybridized carbons (Fsp3) is 0.111. The highest BCUT2D eigenvalue weighted by atomic mass is 16.5. The fourth-order valence-electron chi connectivity index (χ4n) is 0.823. The lowest BCUT2D eigenvalue weighted by Crippen LogP contribution is -1.84. The predicted molar refractivity (Wildman–Crippen MR) is 44.5 cm³/mol. The first-order chi connectivity index (χ1) is 5.86. The van der Waals surface area contributed by atoms with E-state index in [1.165, 1.54) is 12.6 Å². The number of hydrogen-bond donors (Lipinski definition) is 0. The lowest BCUT2D eigenvalue weighted by Gasteiger charge is -1.99. The monoisotopic (exact) mass is 162 g/mol. The molecule has 0 spiro atoms. The van der Waals surface area contributed by atoms with Crippen molar-refractivity contribution in [3.63, 3.8) is 0 Å². The van der Waals surface area contributed by atoms with E-state index in [2.05, 4.69) is 4.99 Å². The molecule has 12 heavy (non-hydrogen) atoms. The van der Waals surface area contributed by atoms with Crippen LogP contribution in [-0.4, -0.2) is 13.2 Å². The SMILES string of the molecule is COc1cccc([CH]N=C=O)c1. The summed E-state index contributed by atoms with van der Waals surface area (Å²) in [6.07, 6.45) is 1.43. The normalized spacial score (nSPS) is 8.75. The van der Waals surface area contributed by atoms with Crippen molar-refractivity contribution in [2.24, 2.45) is 4.99 Å². The van der Waals surface area contributed by atoms with Gasteiger partial charge >= 0.3 is 0 Å². The highest BCUT2D eigenvalue weighted by Gasteiger charge is 1.93. The summed E-state index contributed by atoms with van der Waals surface area (Å²) >= 11 is 0. The van der Waals surface area contributed by atoms with E-state index >= 15 is 0 Å². The summed E-state index contributed by atoms with van der Waals surface area (Å²) in [5, 5.41) is 0. The number of benzene rings is 1. The predicted octanol–water partition coefficient (Wildman–Crippen LogP) is 1.54. The second kappa shape index (κ2) is 4.31. The van der Waals surface area contributed by atoms with Gasteiger partial charge in [-0.05, 0) is 17.7 Å². The lowest BCUT2D eigenvalue weighted by molar-refractivity contribution is 0.414. The number of hydrogen-bond acceptors (Lipinski definition) is 3. The Labute approximate surface area is 70.7 Å². The minimum Gasteiger partial charge on any atom is -0.497 e. The third-order valence-corrected chi connectivity index (χ3v) is 1.36. The zero-order chi connectivity index (χ0) is 8.81. The molecule has 0 aromatic heterocycles. The van der Waals surface area contributed by atoms with Gasteiger partial charge in [0.05, 0.1) is 7.11 Å². The number of nitrogens with zero attached hydrogens (tertiary/aromatic N) is 1. The summed E-state index contributed by atoms with van der Waals surface area (Å²) in [5.74, 6) is 0.741. The molecule has 0 atom stereocenters. The van der Waals surface area contributed by atoms with E-state index in [4.69, 9.17) is 4.74 Å². The molecule has 1 rings (SSSR count). The van der Waals surface area contributed by atoms with Crippen LogP contribution in [0.3, 0.4) is 0 Å². The van der Waals surface area contributed by atoms with Gasteiger partial charge < -0.3 is 4.74 Å². The van der Waals surface area contributed by atoms with Crippen LogP contribution in [0.25, 0.3) is 0 Å². The molecule has 0 heterocycles. The molecule has 61 valence electrons. The molecule has 0 fully saturated rings. The van der Waals surface area contributed by atoms with Crippen LogP contribution < -0.4 is 4.74 Å². The van der Waals surface area contributed by atoms with E-state index in [-0.39, 0.29) is 0 Å². The second-order valence-electron chi connectivity index (χ2n) is 2.13. The zero-order valence-corrected chi connectivity index (χ0v) is 6.65. The van der Waals surface area contributed by atoms with Crippen molar-refractivity contribution in [1.82, 2.24) is 0 Å². The molecule has 0 unspecified atom stereocenters. The van der Waals surface area contributed by atoms with Gasteiger partial charge in [-0.1, -0.05) is 12.1 Å². The highest BCUT2D eigenvalue weighted by Crippen LogP contribution is 2.13. The van der Waals surface area contributed by atoms with Crippen molar-refractivity contribution in [2.75, 3.05) is 7.11 Å². The number of methoxy groups -OCH3 is 1. The van der Waals surface area contributed by atoms with Gasteiger partial charge in [-0.3, -0.25) is 0 Å². The Hall–Kier alpha value is -1.60. The molecule has 1 aromatic carbocycles. The van der Waals surface area contributed by atoms with Gasteiger partial charge in [0, 0.05) is 0 Å². The molecule has 1 radical (unpaired) electrons. The highest BCUT2D eigenvalue weighted by molar-refractivity contribution is 5.39. The smallest absolute Gasteiger partial charge is 0.235 e. The second-order valence-corrected chi connectivity index (χ2v) is 2.13. The topological polar surface area (TPSA) is 38.7 Å². The van der Waals surface area contributed by atoms with Crippen molar-refractivity contribution in [3.05, 3.63) is 36.4 Å². The number of ether oxygens (including phenoxy) is 1. The molecule has 0 aliphatic rings. The van der Waals surface area contributed by atoms with E-state index in [9.17, 15) is 4.79 Å². The maximum Gasteiger partial charge on any atom is 0.235 e. The third kappa shape index (κ3) is 2.22. The Balaban J connectivity index is 2.78. The van der Waals surface area contributed by atoms with Crippen LogP contribution in [0.15, 0.2) is 29.3 Å². The van der Waals surface area contributed by atoms with Gasteiger partial charge in [-0.2, -0.15) is 4.99 Å². The van der Waals surface area contributed by atoms with Gasteiger partial charge in [0.15, 0.2) is 0 Å². The molecular formula is C9H8NO2. The van der Waals surface area contributed by atoms with Crippen LogP contribution in [0.5, 0.6) is 5.75 Å². The number of rotatable bonds is 3. The van der Waals surface area contributed by atoms with Crippen LogP contribution in [0.4, 0.5) is 0 Å². The molecule has 0 saturated heterocycles. The molecular weight excluding hydrogens is 154 g/mol. The van der Waals surface area contributed by atoms with E-state index in [1.54, 1.807) is 13.2 Å². The van der Waals surface area contributed by atoms with E-state index in [1.807, 2.05) is 18.2 Å². The molecule has 0 aliphatic heterocycles. The summed E-state index contributed by atoms with van der Waals surface area (Å²) in [6.45, 7) is 1.43. The van der Waals surface area contributed by atoms with Gasteiger partial charge in [-0.15, -0.1) is 0 Å². The quantitative estimate of drug-likeness (QED) is 0.499. The van der Waals surface area contributed by atoms with Crippen molar-refractivity contribution in [2.45, 2.75) is 0 Å². The van der Waals surface area contributed by atoms with Crippen LogP contribution in [0.1, 0.15) is 5.56 Å². The number of isocyanates is 1.